The number of hydrogen-bond acceptors (Lipinski definition) is 2. The van der Waals surface area contributed by atoms with Crippen molar-refractivity contribution in [2.45, 2.75) is 70.9 Å². The summed E-state index contributed by atoms with van der Waals surface area (Å²) in [6, 6.07) is 1.75. The number of hydrogen-bond donors (Lipinski definition) is 1. The zero-order valence-electron chi connectivity index (χ0n) is 12.9. The molecule has 1 N–H and O–H groups in total. The Hall–Kier alpha value is -0.0800. The zero-order valence-corrected chi connectivity index (χ0v) is 12.9. The summed E-state index contributed by atoms with van der Waals surface area (Å²) in [5.74, 6) is 2.86. The highest BCUT2D eigenvalue weighted by Gasteiger charge is 2.33. The fraction of sp³-hybridized carbons (Fsp3) is 1.00. The first-order valence-corrected chi connectivity index (χ1v) is 8.70. The van der Waals surface area contributed by atoms with Gasteiger partial charge in [-0.15, -0.1) is 0 Å². The molecule has 2 heteroatoms. The summed E-state index contributed by atoms with van der Waals surface area (Å²) in [5, 5.41) is 3.72. The van der Waals surface area contributed by atoms with Crippen LogP contribution in [0, 0.1) is 17.8 Å². The fourth-order valence-electron chi connectivity index (χ4n) is 5.00. The van der Waals surface area contributed by atoms with Gasteiger partial charge in [-0.05, 0) is 82.3 Å². The molecular weight excluding hydrogens is 232 g/mol. The predicted molar refractivity (Wildman–Crippen MR) is 81.3 cm³/mol. The third-order valence-corrected chi connectivity index (χ3v) is 5.91. The van der Waals surface area contributed by atoms with E-state index in [1.54, 1.807) is 0 Å². The molecule has 2 aliphatic heterocycles. The van der Waals surface area contributed by atoms with Gasteiger partial charge in [-0.1, -0.05) is 13.8 Å². The van der Waals surface area contributed by atoms with Gasteiger partial charge in [0.1, 0.15) is 0 Å². The van der Waals surface area contributed by atoms with Gasteiger partial charge in [-0.2, -0.15) is 0 Å². The molecule has 0 aromatic carbocycles. The van der Waals surface area contributed by atoms with Gasteiger partial charge in [0, 0.05) is 12.1 Å². The summed E-state index contributed by atoms with van der Waals surface area (Å²) in [7, 11) is 0. The van der Waals surface area contributed by atoms with E-state index >= 15 is 0 Å². The van der Waals surface area contributed by atoms with Crippen molar-refractivity contribution >= 4 is 0 Å². The van der Waals surface area contributed by atoms with Crippen LogP contribution < -0.4 is 5.32 Å². The average Bonchev–Trinajstić information content (AvgIpc) is 2.91. The van der Waals surface area contributed by atoms with Crippen molar-refractivity contribution in [1.82, 2.24) is 10.2 Å². The van der Waals surface area contributed by atoms with Gasteiger partial charge in [0.05, 0.1) is 0 Å². The van der Waals surface area contributed by atoms with E-state index in [-0.39, 0.29) is 0 Å². The minimum absolute atomic E-state index is 0.853. The first-order valence-electron chi connectivity index (χ1n) is 8.70. The number of rotatable bonds is 2. The Bertz CT molecular complexity index is 267. The second-order valence-corrected chi connectivity index (χ2v) is 7.65. The van der Waals surface area contributed by atoms with Crippen LogP contribution in [0.1, 0.15) is 58.8 Å². The Labute approximate surface area is 119 Å². The number of piperidine rings is 1. The highest BCUT2D eigenvalue weighted by Crippen LogP contribution is 2.34. The van der Waals surface area contributed by atoms with E-state index < -0.39 is 0 Å². The third kappa shape index (κ3) is 3.33. The SMILES string of the molecule is CC1CC(C)CC(N2CCC(C3CCCN3)CC2)C1. The maximum Gasteiger partial charge on any atom is 0.0100 e. The topological polar surface area (TPSA) is 15.3 Å². The highest BCUT2D eigenvalue weighted by atomic mass is 15.2. The molecule has 3 unspecified atom stereocenters. The Morgan fingerprint density at radius 2 is 1.58 bits per heavy atom. The summed E-state index contributed by atoms with van der Waals surface area (Å²) in [6.45, 7) is 8.91. The summed E-state index contributed by atoms with van der Waals surface area (Å²) in [5.41, 5.74) is 0. The molecule has 0 aromatic rings. The van der Waals surface area contributed by atoms with E-state index in [0.29, 0.717) is 0 Å². The first-order chi connectivity index (χ1) is 9.22. The fourth-order valence-corrected chi connectivity index (χ4v) is 5.00. The normalized spacial score (nSPS) is 42.6. The second-order valence-electron chi connectivity index (χ2n) is 7.65. The smallest absolute Gasteiger partial charge is 0.0100 e. The minimum atomic E-state index is 0.853. The molecule has 0 spiro atoms. The van der Waals surface area contributed by atoms with Gasteiger partial charge in [-0.25, -0.2) is 0 Å². The van der Waals surface area contributed by atoms with Crippen LogP contribution in [0.2, 0.25) is 0 Å². The van der Waals surface area contributed by atoms with Gasteiger partial charge in [0.2, 0.25) is 0 Å². The quantitative estimate of drug-likeness (QED) is 0.823. The summed E-state index contributed by atoms with van der Waals surface area (Å²) in [6.07, 6.45) is 10.1. The number of nitrogens with zero attached hydrogens (tertiary/aromatic N) is 1. The van der Waals surface area contributed by atoms with Crippen molar-refractivity contribution < 1.29 is 0 Å². The second kappa shape index (κ2) is 6.13. The van der Waals surface area contributed by atoms with E-state index in [9.17, 15) is 0 Å². The van der Waals surface area contributed by atoms with Crippen LogP contribution in [0.4, 0.5) is 0 Å². The highest BCUT2D eigenvalue weighted by molar-refractivity contribution is 4.89. The van der Waals surface area contributed by atoms with Gasteiger partial charge in [-0.3, -0.25) is 0 Å². The molecule has 3 aliphatic rings. The summed E-state index contributed by atoms with van der Waals surface area (Å²) >= 11 is 0. The molecule has 19 heavy (non-hydrogen) atoms. The molecule has 0 amide bonds. The molecule has 2 nitrogen and oxygen atoms in total. The maximum absolute atomic E-state index is 3.72. The van der Waals surface area contributed by atoms with Crippen LogP contribution >= 0.6 is 0 Å². The molecule has 0 aromatic heterocycles. The lowest BCUT2D eigenvalue weighted by atomic mass is 9.78. The molecular formula is C17H32N2. The molecule has 3 fully saturated rings. The van der Waals surface area contributed by atoms with E-state index in [1.807, 2.05) is 0 Å². The monoisotopic (exact) mass is 264 g/mol. The summed E-state index contributed by atoms with van der Waals surface area (Å²) < 4.78 is 0. The predicted octanol–water partition coefficient (Wildman–Crippen LogP) is 3.28. The molecule has 110 valence electrons. The lowest BCUT2D eigenvalue weighted by Gasteiger charge is -2.43. The Balaban J connectivity index is 1.49. The van der Waals surface area contributed by atoms with Gasteiger partial charge < -0.3 is 10.2 Å². The molecule has 3 atom stereocenters. The lowest BCUT2D eigenvalue weighted by Crippen LogP contribution is -2.47. The molecule has 1 saturated carbocycles. The Morgan fingerprint density at radius 1 is 0.895 bits per heavy atom. The van der Waals surface area contributed by atoms with Crippen LogP contribution in [-0.2, 0) is 0 Å². The van der Waals surface area contributed by atoms with E-state index in [0.717, 1.165) is 29.8 Å². The van der Waals surface area contributed by atoms with Crippen molar-refractivity contribution in [3.8, 4) is 0 Å². The van der Waals surface area contributed by atoms with Crippen molar-refractivity contribution in [2.24, 2.45) is 17.8 Å². The van der Waals surface area contributed by atoms with Crippen molar-refractivity contribution in [2.75, 3.05) is 19.6 Å². The van der Waals surface area contributed by atoms with Crippen molar-refractivity contribution in [3.05, 3.63) is 0 Å². The average molecular weight is 264 g/mol. The van der Waals surface area contributed by atoms with Gasteiger partial charge >= 0.3 is 0 Å². The molecule has 0 bridgehead atoms. The van der Waals surface area contributed by atoms with E-state index in [2.05, 4.69) is 24.1 Å². The molecule has 3 rings (SSSR count). The van der Waals surface area contributed by atoms with E-state index in [4.69, 9.17) is 0 Å². The summed E-state index contributed by atoms with van der Waals surface area (Å²) in [4.78, 5) is 2.83. The van der Waals surface area contributed by atoms with Crippen LogP contribution in [0.5, 0.6) is 0 Å². The molecule has 2 heterocycles. The largest absolute Gasteiger partial charge is 0.314 e. The molecule has 0 radical (unpaired) electrons. The third-order valence-electron chi connectivity index (χ3n) is 5.91. The molecule has 1 aliphatic carbocycles. The number of nitrogens with one attached hydrogen (secondary N) is 1. The Morgan fingerprint density at radius 3 is 2.16 bits per heavy atom. The minimum Gasteiger partial charge on any atom is -0.314 e. The van der Waals surface area contributed by atoms with Crippen molar-refractivity contribution in [3.63, 3.8) is 0 Å². The lowest BCUT2D eigenvalue weighted by molar-refractivity contribution is 0.0691. The van der Waals surface area contributed by atoms with Crippen LogP contribution in [0.3, 0.4) is 0 Å². The van der Waals surface area contributed by atoms with Crippen LogP contribution in [-0.4, -0.2) is 36.6 Å². The standard InChI is InChI=1S/C17H32N2/c1-13-10-14(2)12-16(11-13)19-8-5-15(6-9-19)17-4-3-7-18-17/h13-18H,3-12H2,1-2H3. The number of likely N-dealkylation sites (tertiary alicyclic amines) is 1. The van der Waals surface area contributed by atoms with Crippen LogP contribution in [0.25, 0.3) is 0 Å². The maximum atomic E-state index is 3.72. The zero-order chi connectivity index (χ0) is 13.2. The Kier molecular flexibility index (Phi) is 4.48. The van der Waals surface area contributed by atoms with E-state index in [1.165, 1.54) is 64.6 Å². The molecule has 2 saturated heterocycles. The van der Waals surface area contributed by atoms with Gasteiger partial charge in [0.25, 0.3) is 0 Å². The van der Waals surface area contributed by atoms with Crippen molar-refractivity contribution in [1.29, 1.82) is 0 Å². The van der Waals surface area contributed by atoms with Crippen LogP contribution in [0.15, 0.2) is 0 Å². The van der Waals surface area contributed by atoms with Gasteiger partial charge in [0.15, 0.2) is 0 Å². The first kappa shape index (κ1) is 13.9.